The maximum atomic E-state index is 13.3. The molecule has 0 aliphatic carbocycles. The summed E-state index contributed by atoms with van der Waals surface area (Å²) in [6, 6.07) is 15.4. The molecule has 0 saturated carbocycles. The Labute approximate surface area is 115 Å². The molecule has 3 aromatic rings. The van der Waals surface area contributed by atoms with Crippen LogP contribution in [0.4, 0.5) is 10.1 Å². The van der Waals surface area contributed by atoms with Gasteiger partial charge in [-0.1, -0.05) is 12.1 Å². The zero-order chi connectivity index (χ0) is 13.9. The second kappa shape index (κ2) is 5.09. The number of nitrogens with zero attached hydrogens (tertiary/aromatic N) is 2. The van der Waals surface area contributed by atoms with Crippen LogP contribution < -0.4 is 5.73 Å². The lowest BCUT2D eigenvalue weighted by Gasteiger charge is -2.04. The number of aromatic nitrogens is 2. The van der Waals surface area contributed by atoms with Gasteiger partial charge in [0.15, 0.2) is 5.82 Å². The van der Waals surface area contributed by atoms with Crippen LogP contribution in [0.2, 0.25) is 0 Å². The average Bonchev–Trinajstić information content (AvgIpc) is 2.48. The average molecular weight is 265 g/mol. The van der Waals surface area contributed by atoms with Crippen molar-refractivity contribution in [2.75, 3.05) is 5.73 Å². The first kappa shape index (κ1) is 12.3. The molecule has 2 aromatic carbocycles. The van der Waals surface area contributed by atoms with Crippen molar-refractivity contribution in [3.63, 3.8) is 0 Å². The highest BCUT2D eigenvalue weighted by Crippen LogP contribution is 2.21. The molecule has 0 atom stereocenters. The Morgan fingerprint density at radius 2 is 1.70 bits per heavy atom. The highest BCUT2D eigenvalue weighted by molar-refractivity contribution is 5.64. The molecule has 0 aliphatic rings. The van der Waals surface area contributed by atoms with Crippen LogP contribution in [-0.4, -0.2) is 9.97 Å². The molecule has 98 valence electrons. The van der Waals surface area contributed by atoms with E-state index in [9.17, 15) is 4.39 Å². The van der Waals surface area contributed by atoms with E-state index in [2.05, 4.69) is 9.97 Å². The van der Waals surface area contributed by atoms with E-state index >= 15 is 0 Å². The van der Waals surface area contributed by atoms with Gasteiger partial charge in [-0.05, 0) is 42.5 Å². The van der Waals surface area contributed by atoms with Gasteiger partial charge in [-0.25, -0.2) is 14.4 Å². The Hall–Kier alpha value is -2.75. The Morgan fingerprint density at radius 3 is 2.45 bits per heavy atom. The third-order valence-electron chi connectivity index (χ3n) is 2.94. The second-order valence-electron chi connectivity index (χ2n) is 4.40. The van der Waals surface area contributed by atoms with Crippen molar-refractivity contribution in [2.45, 2.75) is 0 Å². The van der Waals surface area contributed by atoms with Gasteiger partial charge in [-0.3, -0.25) is 0 Å². The van der Waals surface area contributed by atoms with Gasteiger partial charge >= 0.3 is 0 Å². The van der Waals surface area contributed by atoms with E-state index in [4.69, 9.17) is 5.73 Å². The molecule has 20 heavy (non-hydrogen) atoms. The van der Waals surface area contributed by atoms with Crippen molar-refractivity contribution in [1.82, 2.24) is 9.97 Å². The first-order valence-corrected chi connectivity index (χ1v) is 6.17. The van der Waals surface area contributed by atoms with Crippen molar-refractivity contribution < 1.29 is 4.39 Å². The minimum atomic E-state index is -0.282. The SMILES string of the molecule is Nc1ccc(-c2nccc(-c3cccc(F)c3)n2)cc1. The van der Waals surface area contributed by atoms with E-state index in [1.165, 1.54) is 12.1 Å². The first-order chi connectivity index (χ1) is 9.72. The predicted molar refractivity (Wildman–Crippen MR) is 77.3 cm³/mol. The van der Waals surface area contributed by atoms with Crippen LogP contribution in [0.25, 0.3) is 22.6 Å². The second-order valence-corrected chi connectivity index (χ2v) is 4.40. The van der Waals surface area contributed by atoms with E-state index in [-0.39, 0.29) is 5.82 Å². The maximum Gasteiger partial charge on any atom is 0.159 e. The monoisotopic (exact) mass is 265 g/mol. The molecular formula is C16H12FN3. The van der Waals surface area contributed by atoms with Gasteiger partial charge < -0.3 is 5.73 Å². The molecule has 4 heteroatoms. The molecule has 0 aliphatic heterocycles. The number of hydrogen-bond donors (Lipinski definition) is 1. The van der Waals surface area contributed by atoms with Crippen LogP contribution in [-0.2, 0) is 0 Å². The number of hydrogen-bond acceptors (Lipinski definition) is 3. The largest absolute Gasteiger partial charge is 0.399 e. The molecule has 0 spiro atoms. The number of anilines is 1. The summed E-state index contributed by atoms with van der Waals surface area (Å²) in [6.45, 7) is 0. The van der Waals surface area contributed by atoms with Crippen LogP contribution >= 0.6 is 0 Å². The molecule has 3 nitrogen and oxygen atoms in total. The molecule has 0 saturated heterocycles. The molecule has 0 fully saturated rings. The van der Waals surface area contributed by atoms with E-state index in [1.807, 2.05) is 18.2 Å². The summed E-state index contributed by atoms with van der Waals surface area (Å²) in [6.07, 6.45) is 1.67. The van der Waals surface area contributed by atoms with E-state index in [1.54, 1.807) is 30.5 Å². The lowest BCUT2D eigenvalue weighted by Crippen LogP contribution is -1.92. The van der Waals surface area contributed by atoms with Crippen LogP contribution in [0.1, 0.15) is 0 Å². The number of nitrogen functional groups attached to an aromatic ring is 1. The molecule has 0 amide bonds. The van der Waals surface area contributed by atoms with Gasteiger partial charge in [0.2, 0.25) is 0 Å². The Balaban J connectivity index is 2.03. The fourth-order valence-corrected chi connectivity index (χ4v) is 1.94. The smallest absolute Gasteiger partial charge is 0.159 e. The zero-order valence-corrected chi connectivity index (χ0v) is 10.6. The molecule has 0 bridgehead atoms. The minimum Gasteiger partial charge on any atom is -0.399 e. The van der Waals surface area contributed by atoms with Crippen LogP contribution in [0.15, 0.2) is 60.8 Å². The summed E-state index contributed by atoms with van der Waals surface area (Å²) in [5.41, 5.74) is 8.63. The van der Waals surface area contributed by atoms with E-state index in [0.29, 0.717) is 17.2 Å². The molecule has 2 N–H and O–H groups in total. The quantitative estimate of drug-likeness (QED) is 0.721. The molecule has 1 heterocycles. The molecule has 0 radical (unpaired) electrons. The molecule has 3 rings (SSSR count). The summed E-state index contributed by atoms with van der Waals surface area (Å²) >= 11 is 0. The van der Waals surface area contributed by atoms with Gasteiger partial charge in [0.25, 0.3) is 0 Å². The Bertz CT molecular complexity index is 739. The van der Waals surface area contributed by atoms with Gasteiger partial charge in [-0.15, -0.1) is 0 Å². The van der Waals surface area contributed by atoms with Crippen molar-refractivity contribution in [1.29, 1.82) is 0 Å². The lowest BCUT2D eigenvalue weighted by atomic mass is 10.1. The van der Waals surface area contributed by atoms with Gasteiger partial charge in [0.05, 0.1) is 5.69 Å². The van der Waals surface area contributed by atoms with Crippen LogP contribution in [0.3, 0.4) is 0 Å². The highest BCUT2D eigenvalue weighted by atomic mass is 19.1. The molecule has 0 unspecified atom stereocenters. The number of halogens is 1. The van der Waals surface area contributed by atoms with Crippen molar-refractivity contribution >= 4 is 5.69 Å². The highest BCUT2D eigenvalue weighted by Gasteiger charge is 2.05. The zero-order valence-electron chi connectivity index (χ0n) is 10.6. The van der Waals surface area contributed by atoms with Crippen molar-refractivity contribution in [3.8, 4) is 22.6 Å². The summed E-state index contributed by atoms with van der Waals surface area (Å²) < 4.78 is 13.3. The Morgan fingerprint density at radius 1 is 0.900 bits per heavy atom. The fourth-order valence-electron chi connectivity index (χ4n) is 1.94. The predicted octanol–water partition coefficient (Wildman–Crippen LogP) is 3.53. The van der Waals surface area contributed by atoms with Gasteiger partial charge in [-0.2, -0.15) is 0 Å². The Kier molecular flexibility index (Phi) is 3.13. The molecule has 1 aromatic heterocycles. The van der Waals surface area contributed by atoms with E-state index in [0.717, 1.165) is 11.1 Å². The topological polar surface area (TPSA) is 51.8 Å². The standard InChI is InChI=1S/C16H12FN3/c17-13-3-1-2-12(10-13)15-8-9-19-16(20-15)11-4-6-14(18)7-5-11/h1-10H,18H2. The van der Waals surface area contributed by atoms with E-state index < -0.39 is 0 Å². The van der Waals surface area contributed by atoms with Crippen LogP contribution in [0.5, 0.6) is 0 Å². The third-order valence-corrected chi connectivity index (χ3v) is 2.94. The summed E-state index contributed by atoms with van der Waals surface area (Å²) in [4.78, 5) is 8.71. The summed E-state index contributed by atoms with van der Waals surface area (Å²) in [7, 11) is 0. The lowest BCUT2D eigenvalue weighted by molar-refractivity contribution is 0.628. The van der Waals surface area contributed by atoms with Crippen molar-refractivity contribution in [2.24, 2.45) is 0 Å². The third kappa shape index (κ3) is 2.49. The van der Waals surface area contributed by atoms with Crippen LogP contribution in [0, 0.1) is 5.82 Å². The minimum absolute atomic E-state index is 0.282. The normalized spacial score (nSPS) is 10.4. The maximum absolute atomic E-state index is 13.3. The first-order valence-electron chi connectivity index (χ1n) is 6.17. The van der Waals surface area contributed by atoms with Gasteiger partial charge in [0, 0.05) is 23.0 Å². The van der Waals surface area contributed by atoms with Gasteiger partial charge in [0.1, 0.15) is 5.82 Å². The summed E-state index contributed by atoms with van der Waals surface area (Å²) in [5.74, 6) is 0.307. The number of nitrogens with two attached hydrogens (primary N) is 1. The number of benzene rings is 2. The molecular weight excluding hydrogens is 253 g/mol. The van der Waals surface area contributed by atoms with Crippen molar-refractivity contribution in [3.05, 3.63) is 66.6 Å². The summed E-state index contributed by atoms with van der Waals surface area (Å²) in [5, 5.41) is 0. The number of rotatable bonds is 2. The fraction of sp³-hybridized carbons (Fsp3) is 0.